The van der Waals surface area contributed by atoms with Gasteiger partial charge in [-0.15, -0.1) is 0 Å². The Labute approximate surface area is 107 Å². The van der Waals surface area contributed by atoms with Crippen molar-refractivity contribution in [2.75, 3.05) is 11.5 Å². The lowest BCUT2D eigenvalue weighted by molar-refractivity contribution is 0.419. The van der Waals surface area contributed by atoms with Gasteiger partial charge in [-0.05, 0) is 37.5 Å². The minimum Gasteiger partial charge on any atom is -0.307 e. The van der Waals surface area contributed by atoms with Crippen molar-refractivity contribution in [1.82, 2.24) is 5.32 Å². The van der Waals surface area contributed by atoms with Crippen molar-refractivity contribution in [3.05, 3.63) is 35.6 Å². The van der Waals surface area contributed by atoms with Crippen LogP contribution in [0.5, 0.6) is 0 Å². The average molecular weight is 271 g/mol. The Balaban J connectivity index is 1.94. The SMILES string of the molecule is C[C@H](NC1CCS(=O)(=O)CC1)c1cccc(F)c1. The molecule has 0 bridgehead atoms. The lowest BCUT2D eigenvalue weighted by atomic mass is 10.1. The molecule has 1 atom stereocenters. The summed E-state index contributed by atoms with van der Waals surface area (Å²) in [6, 6.07) is 6.73. The second-order valence-corrected chi connectivity index (χ2v) is 7.17. The zero-order chi connectivity index (χ0) is 13.2. The molecule has 5 heteroatoms. The molecule has 1 N–H and O–H groups in total. The molecule has 1 aliphatic heterocycles. The highest BCUT2D eigenvalue weighted by Crippen LogP contribution is 2.18. The van der Waals surface area contributed by atoms with Crippen LogP contribution in [0.2, 0.25) is 0 Å². The summed E-state index contributed by atoms with van der Waals surface area (Å²) in [7, 11) is -2.82. The predicted octanol–water partition coefficient (Wildman–Crippen LogP) is 2.05. The fourth-order valence-corrected chi connectivity index (χ4v) is 3.77. The lowest BCUT2D eigenvalue weighted by Crippen LogP contribution is -2.38. The average Bonchev–Trinajstić information content (AvgIpc) is 2.32. The molecule has 0 unspecified atom stereocenters. The van der Waals surface area contributed by atoms with Crippen LogP contribution >= 0.6 is 0 Å². The third kappa shape index (κ3) is 3.53. The molecule has 18 heavy (non-hydrogen) atoms. The number of hydrogen-bond donors (Lipinski definition) is 1. The van der Waals surface area contributed by atoms with Gasteiger partial charge in [-0.2, -0.15) is 0 Å². The molecule has 0 spiro atoms. The van der Waals surface area contributed by atoms with Crippen LogP contribution in [0.3, 0.4) is 0 Å². The highest BCUT2D eigenvalue weighted by Gasteiger charge is 2.24. The minimum absolute atomic E-state index is 0.0338. The summed E-state index contributed by atoms with van der Waals surface area (Å²) in [6.45, 7) is 1.97. The van der Waals surface area contributed by atoms with E-state index >= 15 is 0 Å². The van der Waals surface area contributed by atoms with Gasteiger partial charge in [-0.25, -0.2) is 12.8 Å². The van der Waals surface area contributed by atoms with Crippen molar-refractivity contribution in [1.29, 1.82) is 0 Å². The molecule has 1 aromatic carbocycles. The lowest BCUT2D eigenvalue weighted by Gasteiger charge is -2.26. The van der Waals surface area contributed by atoms with Crippen LogP contribution in [0.4, 0.5) is 4.39 Å². The van der Waals surface area contributed by atoms with Crippen LogP contribution in [0.25, 0.3) is 0 Å². The summed E-state index contributed by atoms with van der Waals surface area (Å²) in [4.78, 5) is 0. The third-order valence-electron chi connectivity index (χ3n) is 3.39. The van der Waals surface area contributed by atoms with Crippen LogP contribution in [0, 0.1) is 5.82 Å². The molecule has 100 valence electrons. The molecule has 1 heterocycles. The monoisotopic (exact) mass is 271 g/mol. The number of halogens is 1. The first kappa shape index (κ1) is 13.5. The maximum absolute atomic E-state index is 13.1. The standard InChI is InChI=1S/C13H18FNO2S/c1-10(11-3-2-4-12(14)9-11)15-13-5-7-18(16,17)8-6-13/h2-4,9-10,13,15H,5-8H2,1H3/t10-/m0/s1. The molecule has 0 aromatic heterocycles. The van der Waals surface area contributed by atoms with Gasteiger partial charge in [0.15, 0.2) is 0 Å². The van der Waals surface area contributed by atoms with E-state index in [1.54, 1.807) is 6.07 Å². The van der Waals surface area contributed by atoms with Gasteiger partial charge in [0.05, 0.1) is 11.5 Å². The zero-order valence-electron chi connectivity index (χ0n) is 10.4. The summed E-state index contributed by atoms with van der Waals surface area (Å²) in [5.41, 5.74) is 0.892. The van der Waals surface area contributed by atoms with Crippen molar-refractivity contribution < 1.29 is 12.8 Å². The number of sulfone groups is 1. The second kappa shape index (κ2) is 5.36. The first-order valence-corrected chi connectivity index (χ1v) is 8.00. The molecule has 1 aromatic rings. The zero-order valence-corrected chi connectivity index (χ0v) is 11.2. The maximum Gasteiger partial charge on any atom is 0.150 e. The molecule has 0 amide bonds. The molecule has 2 rings (SSSR count). The highest BCUT2D eigenvalue weighted by atomic mass is 32.2. The molecular weight excluding hydrogens is 253 g/mol. The molecule has 0 radical (unpaired) electrons. The Kier molecular flexibility index (Phi) is 4.02. The molecule has 1 fully saturated rings. The van der Waals surface area contributed by atoms with Gasteiger partial charge in [0.25, 0.3) is 0 Å². The van der Waals surface area contributed by atoms with Gasteiger partial charge < -0.3 is 5.32 Å². The van der Waals surface area contributed by atoms with Gasteiger partial charge in [-0.3, -0.25) is 0 Å². The first-order valence-electron chi connectivity index (χ1n) is 6.18. The van der Waals surface area contributed by atoms with E-state index in [1.807, 2.05) is 13.0 Å². The van der Waals surface area contributed by atoms with Gasteiger partial charge in [0.1, 0.15) is 15.7 Å². The van der Waals surface area contributed by atoms with Gasteiger partial charge in [-0.1, -0.05) is 12.1 Å². The Morgan fingerprint density at radius 1 is 1.33 bits per heavy atom. The quantitative estimate of drug-likeness (QED) is 0.915. The summed E-state index contributed by atoms with van der Waals surface area (Å²) in [6.07, 6.45) is 1.28. The smallest absolute Gasteiger partial charge is 0.150 e. The molecule has 0 aliphatic carbocycles. The van der Waals surface area contributed by atoms with E-state index in [9.17, 15) is 12.8 Å². The molecule has 1 aliphatic rings. The van der Waals surface area contributed by atoms with E-state index in [0.717, 1.165) is 5.56 Å². The van der Waals surface area contributed by atoms with E-state index in [-0.39, 0.29) is 29.4 Å². The molecule has 0 saturated carbocycles. The van der Waals surface area contributed by atoms with Gasteiger partial charge >= 0.3 is 0 Å². The Morgan fingerprint density at radius 3 is 2.61 bits per heavy atom. The molecule has 1 saturated heterocycles. The highest BCUT2D eigenvalue weighted by molar-refractivity contribution is 7.91. The fourth-order valence-electron chi connectivity index (χ4n) is 2.28. The minimum atomic E-state index is -2.82. The third-order valence-corrected chi connectivity index (χ3v) is 5.10. The maximum atomic E-state index is 13.1. The number of benzene rings is 1. The largest absolute Gasteiger partial charge is 0.307 e. The fraction of sp³-hybridized carbons (Fsp3) is 0.538. The van der Waals surface area contributed by atoms with Gasteiger partial charge in [0, 0.05) is 12.1 Å². The Bertz CT molecular complexity index is 501. The first-order chi connectivity index (χ1) is 8.46. The molecule has 3 nitrogen and oxygen atoms in total. The van der Waals surface area contributed by atoms with E-state index in [4.69, 9.17) is 0 Å². The summed E-state index contributed by atoms with van der Waals surface area (Å²) < 4.78 is 35.7. The number of nitrogens with one attached hydrogen (secondary N) is 1. The van der Waals surface area contributed by atoms with E-state index in [1.165, 1.54) is 12.1 Å². The number of hydrogen-bond acceptors (Lipinski definition) is 3. The Hall–Kier alpha value is -0.940. The molecular formula is C13H18FNO2S. The van der Waals surface area contributed by atoms with Gasteiger partial charge in [0.2, 0.25) is 0 Å². The second-order valence-electron chi connectivity index (χ2n) is 4.87. The summed E-state index contributed by atoms with van der Waals surface area (Å²) in [5.74, 6) is 0.258. The van der Waals surface area contributed by atoms with Crippen molar-refractivity contribution in [2.24, 2.45) is 0 Å². The van der Waals surface area contributed by atoms with Crippen LogP contribution in [0.1, 0.15) is 31.4 Å². The Morgan fingerprint density at radius 2 is 2.00 bits per heavy atom. The van der Waals surface area contributed by atoms with Crippen LogP contribution in [0.15, 0.2) is 24.3 Å². The normalized spacial score (nSPS) is 21.7. The van der Waals surface area contributed by atoms with Crippen LogP contribution in [-0.4, -0.2) is 26.0 Å². The van der Waals surface area contributed by atoms with E-state index < -0.39 is 9.84 Å². The van der Waals surface area contributed by atoms with Crippen molar-refractivity contribution in [3.8, 4) is 0 Å². The van der Waals surface area contributed by atoms with Crippen LogP contribution < -0.4 is 5.32 Å². The predicted molar refractivity (Wildman–Crippen MR) is 69.6 cm³/mol. The van der Waals surface area contributed by atoms with E-state index in [2.05, 4.69) is 5.32 Å². The van der Waals surface area contributed by atoms with Crippen molar-refractivity contribution >= 4 is 9.84 Å². The van der Waals surface area contributed by atoms with Crippen molar-refractivity contribution in [2.45, 2.75) is 31.8 Å². The van der Waals surface area contributed by atoms with E-state index in [0.29, 0.717) is 12.8 Å². The summed E-state index contributed by atoms with van der Waals surface area (Å²) in [5, 5.41) is 3.37. The topological polar surface area (TPSA) is 46.2 Å². The van der Waals surface area contributed by atoms with Crippen LogP contribution in [-0.2, 0) is 9.84 Å². The van der Waals surface area contributed by atoms with Crippen molar-refractivity contribution in [3.63, 3.8) is 0 Å². The number of rotatable bonds is 3. The summed E-state index contributed by atoms with van der Waals surface area (Å²) >= 11 is 0.